The molecule has 2 N–H and O–H groups in total. The largest absolute Gasteiger partial charge is 0.457 e. The van der Waals surface area contributed by atoms with Gasteiger partial charge in [-0.3, -0.25) is 9.59 Å². The van der Waals surface area contributed by atoms with E-state index in [9.17, 15) is 19.8 Å². The Morgan fingerprint density at radius 2 is 1.97 bits per heavy atom. The lowest BCUT2D eigenvalue weighted by molar-refractivity contribution is -0.156. The first-order valence-electron chi connectivity index (χ1n) is 13.4. The zero-order valence-electron chi connectivity index (χ0n) is 22.9. The summed E-state index contributed by atoms with van der Waals surface area (Å²) in [5.74, 6) is 0.573. The summed E-state index contributed by atoms with van der Waals surface area (Å²) in [5, 5.41) is 23.1. The Morgan fingerprint density at radius 1 is 1.24 bits per heavy atom. The van der Waals surface area contributed by atoms with E-state index in [1.54, 1.807) is 25.2 Å². The van der Waals surface area contributed by atoms with Gasteiger partial charge >= 0.3 is 5.97 Å². The molecule has 0 aliphatic carbocycles. The molecular weight excluding hydrogens is 502 g/mol. The number of carbonyl (C=O) groups is 2. The lowest BCUT2D eigenvalue weighted by Crippen LogP contribution is -2.46. The number of ether oxygens (including phenoxy) is 2. The number of rotatable bonds is 2. The van der Waals surface area contributed by atoms with Crippen molar-refractivity contribution in [1.29, 1.82) is 0 Å². The summed E-state index contributed by atoms with van der Waals surface area (Å²) in [6.07, 6.45) is 5.15. The number of aliphatic hydroxyl groups excluding tert-OH is 2. The van der Waals surface area contributed by atoms with Crippen LogP contribution in [0.3, 0.4) is 0 Å². The molecule has 1 aromatic carbocycles. The van der Waals surface area contributed by atoms with E-state index in [-0.39, 0.29) is 36.2 Å². The van der Waals surface area contributed by atoms with Gasteiger partial charge in [-0.05, 0) is 50.3 Å². The van der Waals surface area contributed by atoms with E-state index in [1.807, 2.05) is 32.0 Å². The average Bonchev–Trinajstić information content (AvgIpc) is 3.32. The maximum atomic E-state index is 13.6. The number of thiazole rings is 1. The minimum atomic E-state index is -1.30. The number of aromatic nitrogens is 1. The zero-order chi connectivity index (χ0) is 27.8. The summed E-state index contributed by atoms with van der Waals surface area (Å²) in [6, 6.07) is 5.89. The number of hydrogen-bond donors (Lipinski definition) is 2. The van der Waals surface area contributed by atoms with Crippen LogP contribution in [0.25, 0.3) is 10.2 Å². The maximum absolute atomic E-state index is 13.6. The molecule has 2 aliphatic rings. The molecule has 8 heteroatoms. The first-order valence-corrected chi connectivity index (χ1v) is 14.3. The molecule has 2 fully saturated rings. The third-order valence-corrected chi connectivity index (χ3v) is 9.41. The van der Waals surface area contributed by atoms with Crippen molar-refractivity contribution in [3.8, 4) is 12.3 Å². The molecule has 206 valence electrons. The van der Waals surface area contributed by atoms with Gasteiger partial charge in [0.05, 0.1) is 56.9 Å². The molecule has 2 aliphatic heterocycles. The van der Waals surface area contributed by atoms with Crippen molar-refractivity contribution in [2.75, 3.05) is 0 Å². The Balaban J connectivity index is 1.63. The van der Waals surface area contributed by atoms with Gasteiger partial charge in [-0.2, -0.15) is 0 Å². The normalized spacial score (nSPS) is 34.8. The second-order valence-electron chi connectivity index (χ2n) is 11.8. The minimum Gasteiger partial charge on any atom is -0.457 e. The smallest absolute Gasteiger partial charge is 0.309 e. The molecule has 4 rings (SSSR count). The molecule has 2 saturated heterocycles. The van der Waals surface area contributed by atoms with Crippen LogP contribution in [0.1, 0.15) is 82.9 Å². The maximum Gasteiger partial charge on any atom is 0.309 e. The number of nitrogens with zero attached hydrogens (tertiary/aromatic N) is 1. The van der Waals surface area contributed by atoms with Crippen LogP contribution in [0.15, 0.2) is 18.2 Å². The quantitative estimate of drug-likeness (QED) is 0.316. The molecule has 7 atom stereocenters. The standard InChI is InChI=1S/C30H39NO6S/c1-7-9-20-27(34)17(2)10-8-13-30(6)25(37-30)15-22(19-11-12-23-21(14-19)31-18(3)38-23)36-26(33)16-24(32)29(4,5)28(20)35/h1,11-12,14,17,20,22,24-25,27,32,34H,8-10,13,15-16H2,2-6H3/t17-,20-,22-,24+,25?,27+,30+/m0/s1. The van der Waals surface area contributed by atoms with E-state index >= 15 is 0 Å². The molecule has 38 heavy (non-hydrogen) atoms. The number of ketones is 1. The second kappa shape index (κ2) is 11.1. The van der Waals surface area contributed by atoms with Crippen LogP contribution in [0.5, 0.6) is 0 Å². The van der Waals surface area contributed by atoms with Gasteiger partial charge in [0.2, 0.25) is 0 Å². The summed E-state index contributed by atoms with van der Waals surface area (Å²) < 4.78 is 13.1. The molecule has 1 aromatic heterocycles. The molecule has 0 amide bonds. The topological polar surface area (TPSA) is 109 Å². The number of aliphatic hydroxyl groups is 2. The molecular formula is C30H39NO6S. The molecule has 1 unspecified atom stereocenters. The van der Waals surface area contributed by atoms with Crippen LogP contribution in [0, 0.1) is 36.5 Å². The number of Topliss-reactive ketones (excluding diaryl/α,β-unsaturated/α-hetero) is 1. The van der Waals surface area contributed by atoms with Gasteiger partial charge in [0.15, 0.2) is 0 Å². The molecule has 0 radical (unpaired) electrons. The first-order chi connectivity index (χ1) is 17.9. The summed E-state index contributed by atoms with van der Waals surface area (Å²) in [4.78, 5) is 31.3. The van der Waals surface area contributed by atoms with Crippen LogP contribution >= 0.6 is 11.3 Å². The van der Waals surface area contributed by atoms with Crippen molar-refractivity contribution < 1.29 is 29.3 Å². The Bertz CT molecular complexity index is 1230. The van der Waals surface area contributed by atoms with Crippen molar-refractivity contribution in [2.45, 2.75) is 103 Å². The van der Waals surface area contributed by atoms with Crippen molar-refractivity contribution in [2.24, 2.45) is 17.3 Å². The highest BCUT2D eigenvalue weighted by Crippen LogP contribution is 2.47. The molecule has 0 saturated carbocycles. The van der Waals surface area contributed by atoms with Crippen molar-refractivity contribution in [3.05, 3.63) is 28.8 Å². The second-order valence-corrected chi connectivity index (χ2v) is 13.0. The Hall–Kier alpha value is -2.31. The van der Waals surface area contributed by atoms with Crippen LogP contribution in [0.4, 0.5) is 0 Å². The van der Waals surface area contributed by atoms with Gasteiger partial charge in [0.1, 0.15) is 11.9 Å². The minimum absolute atomic E-state index is 0.0640. The highest BCUT2D eigenvalue weighted by atomic mass is 32.1. The first kappa shape index (κ1) is 28.7. The third-order valence-electron chi connectivity index (χ3n) is 8.46. The summed E-state index contributed by atoms with van der Waals surface area (Å²) >= 11 is 1.61. The molecule has 7 nitrogen and oxygen atoms in total. The monoisotopic (exact) mass is 541 g/mol. The predicted octanol–water partition coefficient (Wildman–Crippen LogP) is 4.90. The molecule has 2 aromatic rings. The van der Waals surface area contributed by atoms with E-state index in [2.05, 4.69) is 17.8 Å². The number of carbonyl (C=O) groups excluding carboxylic acids is 2. The van der Waals surface area contributed by atoms with Gasteiger partial charge in [0, 0.05) is 12.8 Å². The predicted molar refractivity (Wildman–Crippen MR) is 146 cm³/mol. The van der Waals surface area contributed by atoms with Crippen molar-refractivity contribution in [3.63, 3.8) is 0 Å². The molecule has 0 spiro atoms. The Morgan fingerprint density at radius 3 is 2.68 bits per heavy atom. The van der Waals surface area contributed by atoms with Crippen molar-refractivity contribution >= 4 is 33.3 Å². The summed E-state index contributed by atoms with van der Waals surface area (Å²) in [7, 11) is 0. The van der Waals surface area contributed by atoms with Gasteiger partial charge < -0.3 is 19.7 Å². The van der Waals surface area contributed by atoms with E-state index in [0.717, 1.165) is 33.6 Å². The average molecular weight is 542 g/mol. The highest BCUT2D eigenvalue weighted by Gasteiger charge is 2.53. The van der Waals surface area contributed by atoms with Crippen molar-refractivity contribution in [1.82, 2.24) is 4.98 Å². The summed E-state index contributed by atoms with van der Waals surface area (Å²) in [5.41, 5.74) is 0.0315. The zero-order valence-corrected chi connectivity index (χ0v) is 23.7. The van der Waals surface area contributed by atoms with Crippen LogP contribution in [0.2, 0.25) is 0 Å². The fourth-order valence-corrected chi connectivity index (χ4v) is 6.42. The Labute approximate surface area is 228 Å². The Kier molecular flexibility index (Phi) is 8.34. The van der Waals surface area contributed by atoms with Gasteiger partial charge in [-0.1, -0.05) is 33.3 Å². The van der Waals surface area contributed by atoms with E-state index < -0.39 is 35.6 Å². The number of benzene rings is 1. The fourth-order valence-electron chi connectivity index (χ4n) is 5.61. The third kappa shape index (κ3) is 5.96. The summed E-state index contributed by atoms with van der Waals surface area (Å²) in [6.45, 7) is 9.13. The van der Waals surface area contributed by atoms with E-state index in [0.29, 0.717) is 12.8 Å². The number of hydrogen-bond acceptors (Lipinski definition) is 8. The van der Waals surface area contributed by atoms with Gasteiger partial charge in [-0.15, -0.1) is 23.7 Å². The number of fused-ring (bicyclic) bond motifs is 2. The number of cyclic esters (lactones) is 1. The number of aryl methyl sites for hydroxylation is 1. The number of esters is 1. The van der Waals surface area contributed by atoms with Crippen LogP contribution in [-0.2, 0) is 19.1 Å². The van der Waals surface area contributed by atoms with E-state index in [4.69, 9.17) is 15.9 Å². The fraction of sp³-hybridized carbons (Fsp3) is 0.633. The highest BCUT2D eigenvalue weighted by molar-refractivity contribution is 7.18. The SMILES string of the molecule is C#CC[C@@H]1C(=O)C(C)(C)[C@H](O)CC(=O)O[C@H](c2ccc3sc(C)nc3c2)CC2O[C@]2(C)CCC[C@H](C)[C@H]1O. The van der Waals surface area contributed by atoms with Crippen LogP contribution < -0.4 is 0 Å². The van der Waals surface area contributed by atoms with Gasteiger partial charge in [-0.25, -0.2) is 4.98 Å². The number of terminal acetylenes is 1. The van der Waals surface area contributed by atoms with Crippen LogP contribution in [-0.4, -0.2) is 50.9 Å². The lowest BCUT2D eigenvalue weighted by Gasteiger charge is -2.35. The number of epoxide rings is 1. The lowest BCUT2D eigenvalue weighted by atomic mass is 9.71. The van der Waals surface area contributed by atoms with E-state index in [1.165, 1.54) is 0 Å². The van der Waals surface area contributed by atoms with Gasteiger partial charge in [0.25, 0.3) is 0 Å². The molecule has 3 heterocycles. The molecule has 0 bridgehead atoms.